The van der Waals surface area contributed by atoms with Crippen LogP contribution in [0.15, 0.2) is 12.7 Å². The smallest absolute Gasteiger partial charge is 0.255 e. The average Bonchev–Trinajstić information content (AvgIpc) is 3.22. The molecule has 1 aromatic heterocycles. The van der Waals surface area contributed by atoms with Crippen LogP contribution in [0.1, 0.15) is 28.9 Å². The highest BCUT2D eigenvalue weighted by Gasteiger charge is 2.19. The maximum absolute atomic E-state index is 10.8. The molecule has 8 nitrogen and oxygen atoms in total. The highest BCUT2D eigenvalue weighted by molar-refractivity contribution is 5.99. The van der Waals surface area contributed by atoms with Crippen LogP contribution in [0.5, 0.6) is 0 Å². The number of aromatic amines is 1. The zero-order valence-corrected chi connectivity index (χ0v) is 15.0. The van der Waals surface area contributed by atoms with Crippen molar-refractivity contribution in [1.29, 1.82) is 0 Å². The number of hydrogen-bond donors (Lipinski definition) is 3. The van der Waals surface area contributed by atoms with E-state index in [9.17, 15) is 4.79 Å². The van der Waals surface area contributed by atoms with E-state index in [0.717, 1.165) is 6.61 Å². The minimum Gasteiger partial charge on any atom is -0.383 e. The van der Waals surface area contributed by atoms with Crippen LogP contribution < -0.4 is 11.1 Å². The quantitative estimate of drug-likeness (QED) is 0.408. The fourth-order valence-corrected chi connectivity index (χ4v) is 2.25. The molecule has 1 fully saturated rings. The number of allylic oxidation sites excluding steroid dienone is 1. The SMILES string of the molecule is C#Cc1[nH]nc(NC)c1C(N)=O.C=CC=O.COCC1CCCN1C. The van der Waals surface area contributed by atoms with Crippen molar-refractivity contribution in [3.05, 3.63) is 23.9 Å². The molecular weight excluding hydrogens is 322 g/mol. The van der Waals surface area contributed by atoms with Gasteiger partial charge >= 0.3 is 0 Å². The average molecular weight is 349 g/mol. The van der Waals surface area contributed by atoms with Gasteiger partial charge in [0.15, 0.2) is 5.82 Å². The van der Waals surface area contributed by atoms with Crippen LogP contribution >= 0.6 is 0 Å². The number of hydrogen-bond acceptors (Lipinski definition) is 6. The minimum absolute atomic E-state index is 0.222. The third-order valence-corrected chi connectivity index (χ3v) is 3.52. The summed E-state index contributed by atoms with van der Waals surface area (Å²) in [7, 11) is 5.56. The summed E-state index contributed by atoms with van der Waals surface area (Å²) < 4.78 is 5.05. The molecule has 1 unspecified atom stereocenters. The van der Waals surface area contributed by atoms with Gasteiger partial charge in [-0.1, -0.05) is 6.58 Å². The number of ether oxygens (including phenoxy) is 1. The lowest BCUT2D eigenvalue weighted by molar-refractivity contribution is -0.104. The Labute approximate surface area is 148 Å². The van der Waals surface area contributed by atoms with Crippen LogP contribution in [0, 0.1) is 12.3 Å². The number of terminal acetylenes is 1. The van der Waals surface area contributed by atoms with Crippen molar-refractivity contribution in [2.24, 2.45) is 5.73 Å². The van der Waals surface area contributed by atoms with E-state index in [0.29, 0.717) is 23.8 Å². The molecule has 138 valence electrons. The van der Waals surface area contributed by atoms with Gasteiger partial charge in [0.25, 0.3) is 5.91 Å². The molecule has 0 radical (unpaired) electrons. The number of nitrogens with two attached hydrogens (primary N) is 1. The van der Waals surface area contributed by atoms with Gasteiger partial charge in [-0.25, -0.2) is 0 Å². The second-order valence-electron chi connectivity index (χ2n) is 5.18. The molecule has 0 bridgehead atoms. The largest absolute Gasteiger partial charge is 0.383 e. The third-order valence-electron chi connectivity index (χ3n) is 3.52. The maximum atomic E-state index is 10.8. The van der Waals surface area contributed by atoms with E-state index < -0.39 is 5.91 Å². The standard InChI is InChI=1S/C7H8N4O.C7H15NO.C3H4O/c1-3-4-5(6(8)12)7(9-2)11-10-4;1-8-5-3-4-7(8)6-9-2;1-2-3-4/h1H,2H3,(H2,8,12)(H2,9,10,11);7H,3-6H2,1-2H3;2-3H,1H2. The number of likely N-dealkylation sites (N-methyl/N-ethyl adjacent to an activating group) is 1. The number of aromatic nitrogens is 2. The molecule has 25 heavy (non-hydrogen) atoms. The fraction of sp³-hybridized carbons (Fsp3) is 0.471. The van der Waals surface area contributed by atoms with Crippen molar-refractivity contribution in [1.82, 2.24) is 15.1 Å². The molecule has 8 heteroatoms. The number of methoxy groups -OCH3 is 1. The van der Waals surface area contributed by atoms with E-state index in [-0.39, 0.29) is 5.56 Å². The summed E-state index contributed by atoms with van der Waals surface area (Å²) in [4.78, 5) is 22.3. The molecule has 1 aliphatic rings. The van der Waals surface area contributed by atoms with Gasteiger partial charge in [-0.3, -0.25) is 14.7 Å². The Balaban J connectivity index is 0.000000391. The number of carbonyl (C=O) groups excluding carboxylic acids is 2. The van der Waals surface area contributed by atoms with Crippen LogP contribution in [-0.2, 0) is 9.53 Å². The molecule has 0 spiro atoms. The van der Waals surface area contributed by atoms with Crippen molar-refractivity contribution >= 4 is 18.0 Å². The first-order valence-corrected chi connectivity index (χ1v) is 7.74. The number of amides is 1. The summed E-state index contributed by atoms with van der Waals surface area (Å²) in [5.74, 6) is 2.05. The topological polar surface area (TPSA) is 113 Å². The molecule has 1 aliphatic heterocycles. The van der Waals surface area contributed by atoms with Gasteiger partial charge in [0.1, 0.15) is 17.5 Å². The van der Waals surface area contributed by atoms with Crippen LogP contribution in [0.4, 0.5) is 5.82 Å². The molecule has 0 aliphatic carbocycles. The van der Waals surface area contributed by atoms with E-state index in [2.05, 4.69) is 40.0 Å². The third kappa shape index (κ3) is 7.65. The Kier molecular flexibility index (Phi) is 11.4. The number of aldehydes is 1. The molecule has 2 rings (SSSR count). The van der Waals surface area contributed by atoms with Gasteiger partial charge < -0.3 is 20.7 Å². The maximum Gasteiger partial charge on any atom is 0.255 e. The van der Waals surface area contributed by atoms with E-state index in [1.165, 1.54) is 25.5 Å². The molecule has 1 aromatic rings. The van der Waals surface area contributed by atoms with Gasteiger partial charge in [0.05, 0.1) is 6.61 Å². The second kappa shape index (κ2) is 12.8. The van der Waals surface area contributed by atoms with Crippen LogP contribution in [0.3, 0.4) is 0 Å². The van der Waals surface area contributed by atoms with Gasteiger partial charge in [0.2, 0.25) is 0 Å². The zero-order chi connectivity index (χ0) is 19.2. The molecule has 1 amide bonds. The minimum atomic E-state index is -0.596. The van der Waals surface area contributed by atoms with Crippen molar-refractivity contribution in [2.45, 2.75) is 18.9 Å². The Morgan fingerprint density at radius 1 is 1.68 bits per heavy atom. The molecular formula is C17H27N5O3. The predicted octanol–water partition coefficient (Wildman–Crippen LogP) is 0.630. The Morgan fingerprint density at radius 3 is 2.68 bits per heavy atom. The number of rotatable bonds is 5. The van der Waals surface area contributed by atoms with Crippen molar-refractivity contribution < 1.29 is 14.3 Å². The van der Waals surface area contributed by atoms with Crippen LogP contribution in [0.2, 0.25) is 0 Å². The number of H-pyrrole nitrogens is 1. The lowest BCUT2D eigenvalue weighted by Gasteiger charge is -2.17. The zero-order valence-electron chi connectivity index (χ0n) is 15.0. The van der Waals surface area contributed by atoms with E-state index in [1.807, 2.05) is 0 Å². The van der Waals surface area contributed by atoms with E-state index >= 15 is 0 Å². The Bertz CT molecular complexity index is 586. The summed E-state index contributed by atoms with van der Waals surface area (Å²) in [6.07, 6.45) is 9.58. The second-order valence-corrected chi connectivity index (χ2v) is 5.18. The normalized spacial score (nSPS) is 15.7. The van der Waals surface area contributed by atoms with Gasteiger partial charge in [-0.05, 0) is 38.4 Å². The molecule has 4 N–H and O–H groups in total. The van der Waals surface area contributed by atoms with E-state index in [1.54, 1.807) is 14.2 Å². The highest BCUT2D eigenvalue weighted by atomic mass is 16.5. The summed E-state index contributed by atoms with van der Waals surface area (Å²) in [6.45, 7) is 5.25. The van der Waals surface area contributed by atoms with E-state index in [4.69, 9.17) is 21.7 Å². The number of carbonyl (C=O) groups is 2. The fourth-order valence-electron chi connectivity index (χ4n) is 2.25. The van der Waals surface area contributed by atoms with Gasteiger partial charge in [-0.2, -0.15) is 5.10 Å². The van der Waals surface area contributed by atoms with Crippen molar-refractivity contribution in [2.75, 3.05) is 39.7 Å². The number of likely N-dealkylation sites (tertiary alicyclic amines) is 1. The van der Waals surface area contributed by atoms with Gasteiger partial charge in [-0.15, -0.1) is 6.42 Å². The van der Waals surface area contributed by atoms with Crippen LogP contribution in [0.25, 0.3) is 0 Å². The molecule has 1 saturated heterocycles. The lowest BCUT2D eigenvalue weighted by atomic mass is 10.2. The first-order valence-electron chi connectivity index (χ1n) is 7.74. The highest BCUT2D eigenvalue weighted by Crippen LogP contribution is 2.14. The van der Waals surface area contributed by atoms with Gasteiger partial charge in [0, 0.05) is 20.2 Å². The summed E-state index contributed by atoms with van der Waals surface area (Å²) in [6, 6.07) is 0.690. The van der Waals surface area contributed by atoms with Crippen LogP contribution in [-0.4, -0.2) is 67.7 Å². The first-order chi connectivity index (χ1) is 12.0. The lowest BCUT2D eigenvalue weighted by Crippen LogP contribution is -2.28. The number of primary amides is 1. The Morgan fingerprint density at radius 2 is 2.32 bits per heavy atom. The number of nitrogens with one attached hydrogen (secondary N) is 2. The monoisotopic (exact) mass is 349 g/mol. The number of anilines is 1. The molecule has 0 aromatic carbocycles. The summed E-state index contributed by atoms with van der Waals surface area (Å²) >= 11 is 0. The Hall–Kier alpha value is -2.63. The molecule has 0 saturated carbocycles. The van der Waals surface area contributed by atoms with Crippen molar-refractivity contribution in [3.8, 4) is 12.3 Å². The predicted molar refractivity (Wildman–Crippen MR) is 98.4 cm³/mol. The summed E-state index contributed by atoms with van der Waals surface area (Å²) in [5, 5.41) is 8.95. The molecule has 1 atom stereocenters. The number of nitrogens with zero attached hydrogens (tertiary/aromatic N) is 2. The molecule has 2 heterocycles. The first kappa shape index (κ1) is 22.4. The summed E-state index contributed by atoms with van der Waals surface area (Å²) in [5.41, 5.74) is 5.60. The van der Waals surface area contributed by atoms with Crippen molar-refractivity contribution in [3.63, 3.8) is 0 Å².